The van der Waals surface area contributed by atoms with Crippen molar-refractivity contribution in [3.05, 3.63) is 46.7 Å². The van der Waals surface area contributed by atoms with Crippen LogP contribution in [-0.4, -0.2) is 27.0 Å². The minimum Gasteiger partial charge on any atom is -0.352 e. The van der Waals surface area contributed by atoms with Crippen molar-refractivity contribution in [3.8, 4) is 22.0 Å². The van der Waals surface area contributed by atoms with E-state index in [4.69, 9.17) is 4.98 Å². The van der Waals surface area contributed by atoms with Crippen molar-refractivity contribution >= 4 is 17.2 Å². The SMILES string of the molecule is Cc1ccc(-c2nc(-c3cc(C(=O)NCC4CCCCC4)c(C)n3CC(C)C)cs2)cn1. The van der Waals surface area contributed by atoms with Crippen LogP contribution in [0.4, 0.5) is 0 Å². The van der Waals surface area contributed by atoms with Gasteiger partial charge in [0.15, 0.2) is 0 Å². The van der Waals surface area contributed by atoms with Gasteiger partial charge in [0, 0.05) is 41.6 Å². The predicted molar refractivity (Wildman–Crippen MR) is 132 cm³/mol. The van der Waals surface area contributed by atoms with Crippen LogP contribution in [0.15, 0.2) is 29.8 Å². The normalized spacial score (nSPS) is 14.8. The minimum absolute atomic E-state index is 0.0371. The summed E-state index contributed by atoms with van der Waals surface area (Å²) in [6.45, 7) is 10.1. The summed E-state index contributed by atoms with van der Waals surface area (Å²) in [5, 5.41) is 6.25. The molecule has 3 heterocycles. The van der Waals surface area contributed by atoms with Crippen molar-refractivity contribution in [2.24, 2.45) is 11.8 Å². The molecule has 1 aliphatic carbocycles. The van der Waals surface area contributed by atoms with E-state index in [0.717, 1.165) is 52.0 Å². The molecule has 32 heavy (non-hydrogen) atoms. The molecule has 1 amide bonds. The molecular weight excluding hydrogens is 416 g/mol. The number of hydrogen-bond donors (Lipinski definition) is 1. The number of amides is 1. The van der Waals surface area contributed by atoms with E-state index < -0.39 is 0 Å². The van der Waals surface area contributed by atoms with E-state index in [0.29, 0.717) is 11.8 Å². The number of nitrogens with zero attached hydrogens (tertiary/aromatic N) is 3. The van der Waals surface area contributed by atoms with E-state index in [1.807, 2.05) is 25.3 Å². The Kier molecular flexibility index (Phi) is 7.09. The summed E-state index contributed by atoms with van der Waals surface area (Å²) in [4.78, 5) is 22.4. The van der Waals surface area contributed by atoms with Gasteiger partial charge < -0.3 is 9.88 Å². The Morgan fingerprint density at radius 3 is 2.69 bits per heavy atom. The van der Waals surface area contributed by atoms with Crippen LogP contribution in [0, 0.1) is 25.7 Å². The molecule has 5 nitrogen and oxygen atoms in total. The van der Waals surface area contributed by atoms with Crippen molar-refractivity contribution in [2.45, 2.75) is 66.3 Å². The summed E-state index contributed by atoms with van der Waals surface area (Å²) in [6, 6.07) is 6.10. The number of aryl methyl sites for hydroxylation is 1. The zero-order chi connectivity index (χ0) is 22.7. The number of aromatic nitrogens is 3. The highest BCUT2D eigenvalue weighted by Gasteiger charge is 2.22. The third kappa shape index (κ3) is 5.12. The Bertz CT molecular complexity index is 1060. The third-order valence-corrected chi connectivity index (χ3v) is 7.25. The van der Waals surface area contributed by atoms with E-state index >= 15 is 0 Å². The van der Waals surface area contributed by atoms with Gasteiger partial charge in [-0.2, -0.15) is 0 Å². The maximum atomic E-state index is 13.1. The summed E-state index contributed by atoms with van der Waals surface area (Å²) in [6.07, 6.45) is 8.25. The molecule has 6 heteroatoms. The molecule has 0 aromatic carbocycles. The monoisotopic (exact) mass is 450 g/mol. The molecule has 1 fully saturated rings. The molecule has 0 atom stereocenters. The Morgan fingerprint density at radius 1 is 1.22 bits per heavy atom. The first-order chi connectivity index (χ1) is 15.4. The topological polar surface area (TPSA) is 59.8 Å². The van der Waals surface area contributed by atoms with Crippen LogP contribution in [0.5, 0.6) is 0 Å². The van der Waals surface area contributed by atoms with E-state index in [2.05, 4.69) is 47.1 Å². The Balaban J connectivity index is 1.60. The maximum absolute atomic E-state index is 13.1. The molecule has 1 aliphatic rings. The molecule has 0 unspecified atom stereocenters. The highest BCUT2D eigenvalue weighted by molar-refractivity contribution is 7.13. The lowest BCUT2D eigenvalue weighted by Crippen LogP contribution is -2.30. The summed E-state index contributed by atoms with van der Waals surface area (Å²) in [5.41, 5.74) is 5.73. The molecule has 1 N–H and O–H groups in total. The highest BCUT2D eigenvalue weighted by atomic mass is 32.1. The highest BCUT2D eigenvalue weighted by Crippen LogP contribution is 2.32. The van der Waals surface area contributed by atoms with Gasteiger partial charge in [-0.15, -0.1) is 11.3 Å². The Morgan fingerprint density at radius 2 is 2.00 bits per heavy atom. The second kappa shape index (κ2) is 9.99. The molecule has 0 radical (unpaired) electrons. The second-order valence-corrected chi connectivity index (χ2v) is 10.3. The largest absolute Gasteiger partial charge is 0.352 e. The van der Waals surface area contributed by atoms with Gasteiger partial charge in [-0.1, -0.05) is 33.1 Å². The Labute approximate surface area is 195 Å². The number of carbonyl (C=O) groups is 1. The molecule has 0 bridgehead atoms. The van der Waals surface area contributed by atoms with Crippen LogP contribution in [0.3, 0.4) is 0 Å². The lowest BCUT2D eigenvalue weighted by atomic mass is 9.89. The van der Waals surface area contributed by atoms with E-state index in [9.17, 15) is 4.79 Å². The fourth-order valence-corrected chi connectivity index (χ4v) is 5.33. The zero-order valence-corrected chi connectivity index (χ0v) is 20.5. The predicted octanol–water partition coefficient (Wildman–Crippen LogP) is 6.26. The lowest BCUT2D eigenvalue weighted by Gasteiger charge is -2.21. The summed E-state index contributed by atoms with van der Waals surface area (Å²) in [7, 11) is 0. The summed E-state index contributed by atoms with van der Waals surface area (Å²) in [5.74, 6) is 1.13. The van der Waals surface area contributed by atoms with Crippen molar-refractivity contribution in [1.29, 1.82) is 0 Å². The first-order valence-corrected chi connectivity index (χ1v) is 12.7. The van der Waals surface area contributed by atoms with E-state index in [1.54, 1.807) is 11.3 Å². The van der Waals surface area contributed by atoms with Crippen molar-refractivity contribution in [3.63, 3.8) is 0 Å². The van der Waals surface area contributed by atoms with Gasteiger partial charge in [-0.25, -0.2) is 4.98 Å². The fourth-order valence-electron chi connectivity index (χ4n) is 4.53. The van der Waals surface area contributed by atoms with Gasteiger partial charge in [0.2, 0.25) is 0 Å². The molecule has 1 saturated carbocycles. The number of pyridine rings is 1. The molecule has 0 aliphatic heterocycles. The quantitative estimate of drug-likeness (QED) is 0.462. The molecule has 3 aromatic rings. The summed E-state index contributed by atoms with van der Waals surface area (Å²) >= 11 is 1.62. The molecular formula is C26H34N4OS. The molecule has 3 aromatic heterocycles. The second-order valence-electron chi connectivity index (χ2n) is 9.47. The number of carbonyl (C=O) groups excluding carboxylic acids is 1. The number of hydrogen-bond acceptors (Lipinski definition) is 4. The van der Waals surface area contributed by atoms with Gasteiger partial charge >= 0.3 is 0 Å². The van der Waals surface area contributed by atoms with Gasteiger partial charge in [0.25, 0.3) is 5.91 Å². The van der Waals surface area contributed by atoms with Crippen LogP contribution >= 0.6 is 11.3 Å². The molecule has 0 saturated heterocycles. The number of thiazole rings is 1. The first-order valence-electron chi connectivity index (χ1n) is 11.8. The van der Waals surface area contributed by atoms with Crippen LogP contribution in [-0.2, 0) is 6.54 Å². The van der Waals surface area contributed by atoms with E-state index in [-0.39, 0.29) is 5.91 Å². The average Bonchev–Trinajstić information content (AvgIpc) is 3.39. The lowest BCUT2D eigenvalue weighted by molar-refractivity contribution is 0.0943. The van der Waals surface area contributed by atoms with Gasteiger partial charge in [0.05, 0.1) is 17.0 Å². The van der Waals surface area contributed by atoms with Crippen molar-refractivity contribution in [2.75, 3.05) is 6.54 Å². The van der Waals surface area contributed by atoms with Gasteiger partial charge in [-0.3, -0.25) is 9.78 Å². The van der Waals surface area contributed by atoms with Gasteiger partial charge in [0.1, 0.15) is 5.01 Å². The van der Waals surface area contributed by atoms with Crippen LogP contribution in [0.25, 0.3) is 22.0 Å². The molecule has 170 valence electrons. The van der Waals surface area contributed by atoms with Gasteiger partial charge in [-0.05, 0) is 56.7 Å². The average molecular weight is 451 g/mol. The van der Waals surface area contributed by atoms with Crippen molar-refractivity contribution < 1.29 is 4.79 Å². The first kappa shape index (κ1) is 22.7. The van der Waals surface area contributed by atoms with Crippen LogP contribution < -0.4 is 5.32 Å². The minimum atomic E-state index is 0.0371. The van der Waals surface area contributed by atoms with Crippen LogP contribution in [0.1, 0.15) is 67.7 Å². The fraction of sp³-hybridized carbons (Fsp3) is 0.500. The molecule has 0 spiro atoms. The van der Waals surface area contributed by atoms with Crippen LogP contribution in [0.2, 0.25) is 0 Å². The number of rotatable bonds is 7. The summed E-state index contributed by atoms with van der Waals surface area (Å²) < 4.78 is 2.26. The zero-order valence-electron chi connectivity index (χ0n) is 19.6. The smallest absolute Gasteiger partial charge is 0.253 e. The maximum Gasteiger partial charge on any atom is 0.253 e. The van der Waals surface area contributed by atoms with Crippen molar-refractivity contribution in [1.82, 2.24) is 19.9 Å². The number of nitrogens with one attached hydrogen (secondary N) is 1. The third-order valence-electron chi connectivity index (χ3n) is 6.36. The van der Waals surface area contributed by atoms with E-state index in [1.165, 1.54) is 32.1 Å². The Hall–Kier alpha value is -2.47. The molecule has 4 rings (SSSR count). The standard InChI is InChI=1S/C26H34N4OS/c1-17(2)15-30-19(4)22(25(31)28-13-20-8-6-5-7-9-20)12-24(30)23-16-32-26(29-23)21-11-10-18(3)27-14-21/h10-12,14,16-17,20H,5-9,13,15H2,1-4H3,(H,28,31).